The zero-order valence-electron chi connectivity index (χ0n) is 16.8. The molecule has 1 fully saturated rings. The molecule has 1 aromatic carbocycles. The van der Waals surface area contributed by atoms with Crippen molar-refractivity contribution in [3.63, 3.8) is 0 Å². The second-order valence-corrected chi connectivity index (χ2v) is 8.55. The molecule has 29 heavy (non-hydrogen) atoms. The zero-order chi connectivity index (χ0) is 20.1. The highest BCUT2D eigenvalue weighted by molar-refractivity contribution is 7.10. The number of amides is 1. The lowest BCUT2D eigenvalue weighted by atomic mass is 10.0. The largest absolute Gasteiger partial charge is 0.310 e. The van der Waals surface area contributed by atoms with Crippen molar-refractivity contribution in [3.05, 3.63) is 70.0 Å². The van der Waals surface area contributed by atoms with E-state index in [4.69, 9.17) is 0 Å². The Kier molecular flexibility index (Phi) is 6.42. The van der Waals surface area contributed by atoms with Gasteiger partial charge in [0.2, 0.25) is 5.91 Å². The van der Waals surface area contributed by atoms with E-state index in [1.165, 1.54) is 28.8 Å². The third-order valence-corrected chi connectivity index (χ3v) is 6.56. The first-order valence-corrected chi connectivity index (χ1v) is 11.3. The van der Waals surface area contributed by atoms with Gasteiger partial charge in [0.15, 0.2) is 0 Å². The standard InChI is InChI=1S/C23H28N4OS/c1-2-17-9-11-18(12-10-17)23(20-8-5-15-29-20)24-16-22(28)26-21-13-14-25-27(21)19-6-3-4-7-19/h5,8-15,19,23-24H,2-4,6-7,16H2,1H3,(H,26,28). The summed E-state index contributed by atoms with van der Waals surface area (Å²) in [5.41, 5.74) is 2.49. The maximum absolute atomic E-state index is 12.7. The van der Waals surface area contributed by atoms with Gasteiger partial charge >= 0.3 is 0 Å². The number of nitrogens with zero attached hydrogens (tertiary/aromatic N) is 2. The number of carbonyl (C=O) groups excluding carboxylic acids is 1. The fourth-order valence-electron chi connectivity index (χ4n) is 4.02. The number of benzene rings is 1. The molecule has 2 N–H and O–H groups in total. The van der Waals surface area contributed by atoms with Gasteiger partial charge in [-0.1, -0.05) is 50.1 Å². The molecule has 0 bridgehead atoms. The normalized spacial score (nSPS) is 15.5. The van der Waals surface area contributed by atoms with Crippen LogP contribution in [0.2, 0.25) is 0 Å². The Morgan fingerprint density at radius 2 is 2.00 bits per heavy atom. The monoisotopic (exact) mass is 408 g/mol. The van der Waals surface area contributed by atoms with Crippen LogP contribution in [0, 0.1) is 0 Å². The van der Waals surface area contributed by atoms with Crippen LogP contribution in [0.25, 0.3) is 0 Å². The van der Waals surface area contributed by atoms with Crippen LogP contribution in [0.3, 0.4) is 0 Å². The van der Waals surface area contributed by atoms with Gasteiger partial charge in [-0.2, -0.15) is 5.10 Å². The van der Waals surface area contributed by atoms with E-state index in [1.54, 1.807) is 17.5 Å². The van der Waals surface area contributed by atoms with E-state index < -0.39 is 0 Å². The second-order valence-electron chi connectivity index (χ2n) is 7.57. The molecule has 0 radical (unpaired) electrons. The van der Waals surface area contributed by atoms with Crippen LogP contribution in [0.4, 0.5) is 5.82 Å². The van der Waals surface area contributed by atoms with E-state index in [1.807, 2.05) is 10.7 Å². The molecule has 1 unspecified atom stereocenters. The molecule has 3 aromatic rings. The van der Waals surface area contributed by atoms with E-state index in [9.17, 15) is 4.79 Å². The highest BCUT2D eigenvalue weighted by Crippen LogP contribution is 2.31. The number of nitrogens with one attached hydrogen (secondary N) is 2. The van der Waals surface area contributed by atoms with Gasteiger partial charge in [0.25, 0.3) is 0 Å². The van der Waals surface area contributed by atoms with E-state index in [-0.39, 0.29) is 18.5 Å². The van der Waals surface area contributed by atoms with E-state index in [2.05, 4.69) is 64.4 Å². The van der Waals surface area contributed by atoms with E-state index >= 15 is 0 Å². The fraction of sp³-hybridized carbons (Fsp3) is 0.391. The van der Waals surface area contributed by atoms with Crippen molar-refractivity contribution in [2.45, 2.75) is 51.1 Å². The second kappa shape index (κ2) is 9.37. The van der Waals surface area contributed by atoms with Crippen LogP contribution in [-0.4, -0.2) is 22.2 Å². The minimum Gasteiger partial charge on any atom is -0.310 e. The highest BCUT2D eigenvalue weighted by Gasteiger charge is 2.21. The predicted octanol–water partition coefficient (Wildman–Crippen LogP) is 4.94. The molecule has 0 spiro atoms. The number of carbonyl (C=O) groups is 1. The number of aryl methyl sites for hydroxylation is 1. The van der Waals surface area contributed by atoms with Gasteiger partial charge in [0.05, 0.1) is 24.8 Å². The predicted molar refractivity (Wildman–Crippen MR) is 118 cm³/mol. The van der Waals surface area contributed by atoms with Gasteiger partial charge in [0, 0.05) is 10.9 Å². The summed E-state index contributed by atoms with van der Waals surface area (Å²) in [5, 5.41) is 13.0. The number of thiophene rings is 1. The van der Waals surface area contributed by atoms with Crippen LogP contribution in [0.1, 0.15) is 60.7 Å². The Morgan fingerprint density at radius 3 is 2.69 bits per heavy atom. The molecular formula is C23H28N4OS. The van der Waals surface area contributed by atoms with Crippen molar-refractivity contribution in [3.8, 4) is 0 Å². The minimum absolute atomic E-state index is 0.00592. The third kappa shape index (κ3) is 4.77. The van der Waals surface area contributed by atoms with Crippen LogP contribution < -0.4 is 10.6 Å². The van der Waals surface area contributed by atoms with Gasteiger partial charge in [-0.15, -0.1) is 11.3 Å². The highest BCUT2D eigenvalue weighted by atomic mass is 32.1. The number of hydrogen-bond acceptors (Lipinski definition) is 4. The lowest BCUT2D eigenvalue weighted by molar-refractivity contribution is -0.115. The quantitative estimate of drug-likeness (QED) is 0.555. The molecule has 1 saturated carbocycles. The van der Waals surface area contributed by atoms with Crippen molar-refractivity contribution < 1.29 is 4.79 Å². The smallest absolute Gasteiger partial charge is 0.239 e. The number of anilines is 1. The Morgan fingerprint density at radius 1 is 1.21 bits per heavy atom. The Hall–Kier alpha value is -2.44. The average molecular weight is 409 g/mol. The van der Waals surface area contributed by atoms with E-state index in [0.29, 0.717) is 6.04 Å². The lowest BCUT2D eigenvalue weighted by Crippen LogP contribution is -2.32. The molecular weight excluding hydrogens is 380 g/mol. The molecule has 1 aliphatic carbocycles. The van der Waals surface area contributed by atoms with Crippen LogP contribution >= 0.6 is 11.3 Å². The number of hydrogen-bond donors (Lipinski definition) is 2. The molecule has 1 aliphatic rings. The molecule has 152 valence electrons. The number of aromatic nitrogens is 2. The summed E-state index contributed by atoms with van der Waals surface area (Å²) in [6, 6.07) is 15.1. The van der Waals surface area contributed by atoms with Crippen molar-refractivity contribution in [1.29, 1.82) is 0 Å². The zero-order valence-corrected chi connectivity index (χ0v) is 17.6. The molecule has 6 heteroatoms. The topological polar surface area (TPSA) is 59.0 Å². The van der Waals surface area contributed by atoms with Gasteiger partial charge in [0.1, 0.15) is 5.82 Å². The summed E-state index contributed by atoms with van der Waals surface area (Å²) in [7, 11) is 0. The fourth-order valence-corrected chi connectivity index (χ4v) is 4.85. The Labute approximate surface area is 176 Å². The first-order chi connectivity index (χ1) is 14.2. The SMILES string of the molecule is CCc1ccc(C(NCC(=O)Nc2ccnn2C2CCCC2)c2cccs2)cc1. The molecule has 1 amide bonds. The summed E-state index contributed by atoms with van der Waals surface area (Å²) in [5.74, 6) is 0.750. The maximum atomic E-state index is 12.7. The molecule has 4 rings (SSSR count). The molecule has 2 aromatic heterocycles. The lowest BCUT2D eigenvalue weighted by Gasteiger charge is -2.19. The summed E-state index contributed by atoms with van der Waals surface area (Å²) in [6.07, 6.45) is 7.53. The summed E-state index contributed by atoms with van der Waals surface area (Å²) < 4.78 is 1.98. The van der Waals surface area contributed by atoms with E-state index in [0.717, 1.165) is 25.1 Å². The first kappa shape index (κ1) is 19.9. The molecule has 1 atom stereocenters. The van der Waals surface area contributed by atoms with Crippen molar-refractivity contribution >= 4 is 23.1 Å². The summed E-state index contributed by atoms with van der Waals surface area (Å²) >= 11 is 1.70. The maximum Gasteiger partial charge on any atom is 0.239 e. The summed E-state index contributed by atoms with van der Waals surface area (Å²) in [6.45, 7) is 2.40. The van der Waals surface area contributed by atoms with Crippen molar-refractivity contribution in [1.82, 2.24) is 15.1 Å². The van der Waals surface area contributed by atoms with Crippen molar-refractivity contribution in [2.24, 2.45) is 0 Å². The molecule has 5 nitrogen and oxygen atoms in total. The number of rotatable bonds is 8. The Bertz CT molecular complexity index is 911. The van der Waals surface area contributed by atoms with Gasteiger partial charge in [-0.25, -0.2) is 4.68 Å². The first-order valence-electron chi connectivity index (χ1n) is 10.4. The minimum atomic E-state index is -0.0449. The van der Waals surface area contributed by atoms with Crippen LogP contribution in [0.15, 0.2) is 54.0 Å². The van der Waals surface area contributed by atoms with Crippen molar-refractivity contribution in [2.75, 3.05) is 11.9 Å². The van der Waals surface area contributed by atoms with Gasteiger partial charge in [-0.05, 0) is 41.8 Å². The Balaban J connectivity index is 1.42. The molecule has 0 aliphatic heterocycles. The van der Waals surface area contributed by atoms with Crippen LogP contribution in [0.5, 0.6) is 0 Å². The summed E-state index contributed by atoms with van der Waals surface area (Å²) in [4.78, 5) is 13.9. The molecule has 0 saturated heterocycles. The molecule has 2 heterocycles. The third-order valence-electron chi connectivity index (χ3n) is 5.62. The van der Waals surface area contributed by atoms with Gasteiger partial charge in [-0.3, -0.25) is 10.1 Å². The van der Waals surface area contributed by atoms with Gasteiger partial charge < -0.3 is 5.32 Å². The average Bonchev–Trinajstić information content (AvgIpc) is 3.51. The van der Waals surface area contributed by atoms with Crippen LogP contribution in [-0.2, 0) is 11.2 Å².